The maximum atomic E-state index is 13.6. The van der Waals surface area contributed by atoms with Crippen LogP contribution in [-0.4, -0.2) is 57.7 Å². The fourth-order valence-corrected chi connectivity index (χ4v) is 5.80. The van der Waals surface area contributed by atoms with Gasteiger partial charge < -0.3 is 9.80 Å². The van der Waals surface area contributed by atoms with Gasteiger partial charge >= 0.3 is 0 Å². The molecule has 2 aromatic carbocycles. The van der Waals surface area contributed by atoms with E-state index in [0.717, 1.165) is 55.7 Å². The molecule has 184 valence electrons. The summed E-state index contributed by atoms with van der Waals surface area (Å²) in [5, 5.41) is 6.13. The first-order valence-electron chi connectivity index (χ1n) is 13.1. The minimum absolute atomic E-state index is 0.0101. The van der Waals surface area contributed by atoms with Crippen molar-refractivity contribution in [3.05, 3.63) is 65.0 Å². The number of aromatic nitrogens is 2. The summed E-state index contributed by atoms with van der Waals surface area (Å²) in [4.78, 5) is 31.5. The van der Waals surface area contributed by atoms with E-state index in [0.29, 0.717) is 17.2 Å². The van der Waals surface area contributed by atoms with Crippen LogP contribution in [0.15, 0.2) is 59.4 Å². The molecule has 1 amide bonds. The summed E-state index contributed by atoms with van der Waals surface area (Å²) >= 11 is 0. The highest BCUT2D eigenvalue weighted by Crippen LogP contribution is 2.31. The number of benzene rings is 2. The quantitative estimate of drug-likeness (QED) is 0.533. The summed E-state index contributed by atoms with van der Waals surface area (Å²) < 4.78 is 1.38. The van der Waals surface area contributed by atoms with Crippen molar-refractivity contribution in [3.63, 3.8) is 0 Å². The second-order valence-electron chi connectivity index (χ2n) is 10.6. The van der Waals surface area contributed by atoms with Crippen LogP contribution in [0.1, 0.15) is 39.5 Å². The summed E-state index contributed by atoms with van der Waals surface area (Å²) in [6.07, 6.45) is 4.45. The largest absolute Gasteiger partial charge is 0.338 e. The van der Waals surface area contributed by atoms with E-state index in [1.165, 1.54) is 17.5 Å². The van der Waals surface area contributed by atoms with Gasteiger partial charge in [-0.1, -0.05) is 62.4 Å². The number of piperidine rings is 2. The Bertz CT molecular complexity index is 1240. The Morgan fingerprint density at radius 1 is 1.00 bits per heavy atom. The molecule has 2 saturated heterocycles. The van der Waals surface area contributed by atoms with E-state index < -0.39 is 0 Å². The lowest BCUT2D eigenvalue weighted by molar-refractivity contribution is -0.139. The van der Waals surface area contributed by atoms with Gasteiger partial charge in [-0.25, -0.2) is 4.68 Å². The van der Waals surface area contributed by atoms with E-state index in [2.05, 4.69) is 23.6 Å². The molecule has 2 aliphatic rings. The number of likely N-dealkylation sites (tertiary alicyclic amines) is 2. The molecule has 1 aromatic heterocycles. The molecule has 0 spiro atoms. The number of carbonyl (C=O) groups is 1. The number of rotatable bonds is 6. The van der Waals surface area contributed by atoms with E-state index >= 15 is 0 Å². The summed E-state index contributed by atoms with van der Waals surface area (Å²) in [7, 11) is 0. The minimum atomic E-state index is -0.203. The van der Waals surface area contributed by atoms with Crippen LogP contribution in [0, 0.1) is 11.8 Å². The SMILES string of the molecule is CC(C)CCN1CC[C@@H]2[C@H](CCCN2C(=O)Cn2nc(-c3ccccc3)c3ccccc3c2=O)C1. The maximum absolute atomic E-state index is 13.6. The highest BCUT2D eigenvalue weighted by molar-refractivity contribution is 5.93. The second kappa shape index (κ2) is 10.3. The Morgan fingerprint density at radius 2 is 1.74 bits per heavy atom. The third-order valence-corrected chi connectivity index (χ3v) is 7.70. The molecule has 6 nitrogen and oxygen atoms in total. The van der Waals surface area contributed by atoms with Crippen LogP contribution in [0.3, 0.4) is 0 Å². The molecule has 0 aliphatic carbocycles. The third-order valence-electron chi connectivity index (χ3n) is 7.70. The molecule has 2 aliphatic heterocycles. The van der Waals surface area contributed by atoms with Gasteiger partial charge in [-0.2, -0.15) is 5.10 Å². The summed E-state index contributed by atoms with van der Waals surface area (Å²) in [6, 6.07) is 17.7. The highest BCUT2D eigenvalue weighted by atomic mass is 16.2. The number of amides is 1. The van der Waals surface area contributed by atoms with Crippen molar-refractivity contribution < 1.29 is 4.79 Å². The van der Waals surface area contributed by atoms with Gasteiger partial charge in [-0.3, -0.25) is 9.59 Å². The van der Waals surface area contributed by atoms with Crippen molar-refractivity contribution in [2.24, 2.45) is 11.8 Å². The predicted molar refractivity (Wildman–Crippen MR) is 140 cm³/mol. The van der Waals surface area contributed by atoms with Crippen molar-refractivity contribution in [2.45, 2.75) is 52.1 Å². The molecule has 6 heteroatoms. The maximum Gasteiger partial charge on any atom is 0.275 e. The Labute approximate surface area is 207 Å². The lowest BCUT2D eigenvalue weighted by Gasteiger charge is -2.47. The van der Waals surface area contributed by atoms with Gasteiger partial charge in [0.1, 0.15) is 6.54 Å². The molecule has 3 heterocycles. The monoisotopic (exact) mass is 472 g/mol. The fraction of sp³-hybridized carbons (Fsp3) is 0.483. The molecule has 5 rings (SSSR count). The highest BCUT2D eigenvalue weighted by Gasteiger charge is 2.38. The molecule has 0 saturated carbocycles. The lowest BCUT2D eigenvalue weighted by Crippen LogP contribution is -2.56. The van der Waals surface area contributed by atoms with Gasteiger partial charge in [0.25, 0.3) is 5.56 Å². The molecule has 0 N–H and O–H groups in total. The smallest absolute Gasteiger partial charge is 0.275 e. The van der Waals surface area contributed by atoms with E-state index in [9.17, 15) is 9.59 Å². The first-order valence-corrected chi connectivity index (χ1v) is 13.1. The van der Waals surface area contributed by atoms with Gasteiger partial charge in [0.15, 0.2) is 0 Å². The Balaban J connectivity index is 1.38. The normalized spacial score (nSPS) is 20.8. The van der Waals surface area contributed by atoms with Crippen LogP contribution in [0.4, 0.5) is 0 Å². The number of hydrogen-bond acceptors (Lipinski definition) is 4. The van der Waals surface area contributed by atoms with Crippen LogP contribution in [0.25, 0.3) is 22.0 Å². The van der Waals surface area contributed by atoms with Gasteiger partial charge in [0, 0.05) is 36.6 Å². The number of nitrogens with zero attached hydrogens (tertiary/aromatic N) is 4. The van der Waals surface area contributed by atoms with Gasteiger partial charge in [0.05, 0.1) is 11.1 Å². The Hall–Kier alpha value is -2.99. The van der Waals surface area contributed by atoms with Crippen LogP contribution in [0.2, 0.25) is 0 Å². The lowest BCUT2D eigenvalue weighted by atomic mass is 9.83. The Kier molecular flexibility index (Phi) is 7.00. The minimum Gasteiger partial charge on any atom is -0.338 e. The summed E-state index contributed by atoms with van der Waals surface area (Å²) in [5.41, 5.74) is 1.48. The fourth-order valence-electron chi connectivity index (χ4n) is 5.80. The molecule has 2 atom stereocenters. The summed E-state index contributed by atoms with van der Waals surface area (Å²) in [6.45, 7) is 8.59. The molecular formula is C29H36N4O2. The number of hydrogen-bond donors (Lipinski definition) is 0. The predicted octanol–water partition coefficient (Wildman–Crippen LogP) is 4.42. The topological polar surface area (TPSA) is 58.4 Å². The molecule has 3 aromatic rings. The van der Waals surface area contributed by atoms with Crippen LogP contribution < -0.4 is 5.56 Å². The van der Waals surface area contributed by atoms with Crippen molar-refractivity contribution in [1.29, 1.82) is 0 Å². The van der Waals surface area contributed by atoms with Crippen LogP contribution >= 0.6 is 0 Å². The van der Waals surface area contributed by atoms with Crippen molar-refractivity contribution in [3.8, 4) is 11.3 Å². The molecule has 35 heavy (non-hydrogen) atoms. The van der Waals surface area contributed by atoms with E-state index in [4.69, 9.17) is 5.10 Å². The molecule has 2 fully saturated rings. The zero-order valence-corrected chi connectivity index (χ0v) is 20.9. The number of fused-ring (bicyclic) bond motifs is 2. The zero-order chi connectivity index (χ0) is 24.4. The Morgan fingerprint density at radius 3 is 2.51 bits per heavy atom. The molecular weight excluding hydrogens is 436 g/mol. The standard InChI is InChI=1S/C29H36N4O2/c1-21(2)14-17-31-18-15-26-23(19-31)11-8-16-32(26)27(34)20-33-29(35)25-13-7-6-12-24(25)28(30-33)22-9-4-3-5-10-22/h3-7,9-10,12-13,21,23,26H,8,11,14-20H2,1-2H3/t23-,26-/m1/s1. The molecule has 0 unspecified atom stereocenters. The first-order chi connectivity index (χ1) is 17.0. The van der Waals surface area contributed by atoms with E-state index in [1.807, 2.05) is 54.6 Å². The van der Waals surface area contributed by atoms with Crippen molar-refractivity contribution in [1.82, 2.24) is 19.6 Å². The third kappa shape index (κ3) is 5.03. The van der Waals surface area contributed by atoms with Crippen LogP contribution in [-0.2, 0) is 11.3 Å². The van der Waals surface area contributed by atoms with Crippen molar-refractivity contribution >= 4 is 16.7 Å². The van der Waals surface area contributed by atoms with Gasteiger partial charge in [0.2, 0.25) is 5.91 Å². The van der Waals surface area contributed by atoms with Crippen LogP contribution in [0.5, 0.6) is 0 Å². The van der Waals surface area contributed by atoms with Crippen molar-refractivity contribution in [2.75, 3.05) is 26.2 Å². The van der Waals surface area contributed by atoms with E-state index in [1.54, 1.807) is 0 Å². The zero-order valence-electron chi connectivity index (χ0n) is 20.9. The molecule has 0 bridgehead atoms. The average molecular weight is 473 g/mol. The van der Waals surface area contributed by atoms with Gasteiger partial charge in [-0.05, 0) is 50.1 Å². The van der Waals surface area contributed by atoms with Gasteiger partial charge in [-0.15, -0.1) is 0 Å². The summed E-state index contributed by atoms with van der Waals surface area (Å²) in [5.74, 6) is 1.25. The average Bonchev–Trinajstić information content (AvgIpc) is 2.89. The van der Waals surface area contributed by atoms with E-state index in [-0.39, 0.29) is 24.1 Å². The number of carbonyl (C=O) groups excluding carboxylic acids is 1. The first kappa shape index (κ1) is 23.7. The molecule has 0 radical (unpaired) electrons. The second-order valence-corrected chi connectivity index (χ2v) is 10.6.